The van der Waals surface area contributed by atoms with Crippen LogP contribution in [0.1, 0.15) is 45.0 Å². The van der Waals surface area contributed by atoms with Crippen molar-refractivity contribution in [3.8, 4) is 11.6 Å². The van der Waals surface area contributed by atoms with Gasteiger partial charge in [-0.05, 0) is 44.4 Å². The maximum Gasteiger partial charge on any atom is 0.353 e. The van der Waals surface area contributed by atoms with Crippen molar-refractivity contribution in [2.75, 3.05) is 13.4 Å². The highest BCUT2D eigenvalue weighted by Crippen LogP contribution is 2.34. The molecule has 1 fully saturated rings. The van der Waals surface area contributed by atoms with Crippen molar-refractivity contribution < 1.29 is 27.8 Å². The Kier molecular flexibility index (Phi) is 9.37. The third kappa shape index (κ3) is 6.73. The molecule has 10 heteroatoms. The fourth-order valence-corrected chi connectivity index (χ4v) is 4.43. The van der Waals surface area contributed by atoms with Gasteiger partial charge in [0.25, 0.3) is 0 Å². The van der Waals surface area contributed by atoms with Gasteiger partial charge in [0.1, 0.15) is 24.8 Å². The molecule has 2 aromatic rings. The number of hydrogen-bond donors (Lipinski definition) is 0. The number of halogens is 1. The lowest BCUT2D eigenvalue weighted by atomic mass is 10.1. The standard InChI is InChI=1S/C24H35FN2O6Si/c1-14(2)31-22-18(12-29-13-30-34-15(3)4)32-23(20(22)25)27-11-10-19(26-24(27)28)33-21-16(5)8-7-9-17(21)6/h7-11,14-15,18,20,22-23H,12-13,34H2,1-6H3/t18-,20?,22+,23-/m1/s1. The van der Waals surface area contributed by atoms with E-state index in [4.69, 9.17) is 23.4 Å². The predicted octanol–water partition coefficient (Wildman–Crippen LogP) is 3.58. The van der Waals surface area contributed by atoms with Gasteiger partial charge < -0.3 is 23.4 Å². The van der Waals surface area contributed by atoms with E-state index in [0.717, 1.165) is 15.7 Å². The predicted molar refractivity (Wildman–Crippen MR) is 129 cm³/mol. The van der Waals surface area contributed by atoms with E-state index >= 15 is 4.39 Å². The van der Waals surface area contributed by atoms with Crippen LogP contribution in [0.4, 0.5) is 4.39 Å². The summed E-state index contributed by atoms with van der Waals surface area (Å²) in [6.07, 6.45) is -3.12. The van der Waals surface area contributed by atoms with Crippen LogP contribution >= 0.6 is 0 Å². The third-order valence-electron chi connectivity index (χ3n) is 5.29. The molecule has 0 saturated carbocycles. The zero-order chi connectivity index (χ0) is 24.8. The minimum Gasteiger partial charge on any atom is -0.438 e. The first-order chi connectivity index (χ1) is 16.2. The molecule has 0 radical (unpaired) electrons. The van der Waals surface area contributed by atoms with Gasteiger partial charge in [0, 0.05) is 12.3 Å². The molecule has 34 heavy (non-hydrogen) atoms. The Morgan fingerprint density at radius 1 is 1.18 bits per heavy atom. The van der Waals surface area contributed by atoms with Gasteiger partial charge in [0.15, 0.2) is 22.2 Å². The summed E-state index contributed by atoms with van der Waals surface area (Å²) in [5.74, 6) is 0.770. The molecule has 1 aromatic heterocycles. The van der Waals surface area contributed by atoms with Crippen LogP contribution in [0.5, 0.6) is 11.6 Å². The van der Waals surface area contributed by atoms with E-state index in [1.165, 1.54) is 12.3 Å². The highest BCUT2D eigenvalue weighted by molar-refractivity contribution is 6.29. The normalized spacial score (nSPS) is 23.0. The number of alkyl halides is 1. The minimum absolute atomic E-state index is 0.0940. The molecular formula is C24H35FN2O6Si. The van der Waals surface area contributed by atoms with Crippen LogP contribution in [-0.4, -0.2) is 57.2 Å². The number of aromatic nitrogens is 2. The van der Waals surface area contributed by atoms with Crippen LogP contribution < -0.4 is 10.4 Å². The Morgan fingerprint density at radius 3 is 2.50 bits per heavy atom. The molecule has 1 aliphatic heterocycles. The number of ether oxygens (including phenoxy) is 4. The quantitative estimate of drug-likeness (QED) is 0.268. The fraction of sp³-hybridized carbons (Fsp3) is 0.583. The lowest BCUT2D eigenvalue weighted by Crippen LogP contribution is -2.37. The van der Waals surface area contributed by atoms with Gasteiger partial charge in [-0.3, -0.25) is 4.57 Å². The molecule has 1 aliphatic rings. The molecular weight excluding hydrogens is 459 g/mol. The van der Waals surface area contributed by atoms with Crippen LogP contribution in [0.2, 0.25) is 5.54 Å². The fourth-order valence-electron chi connectivity index (χ4n) is 3.75. The van der Waals surface area contributed by atoms with Gasteiger partial charge >= 0.3 is 5.69 Å². The average molecular weight is 495 g/mol. The smallest absolute Gasteiger partial charge is 0.353 e. The Bertz CT molecular complexity index is 981. The van der Waals surface area contributed by atoms with E-state index in [1.807, 2.05) is 45.9 Å². The molecule has 1 aromatic carbocycles. The van der Waals surface area contributed by atoms with Crippen LogP contribution in [0.15, 0.2) is 35.3 Å². The summed E-state index contributed by atoms with van der Waals surface area (Å²) in [5, 5.41) is 0. The van der Waals surface area contributed by atoms with Crippen molar-refractivity contribution in [3.05, 3.63) is 52.1 Å². The SMILES string of the molecule is Cc1cccc(C)c1Oc1ccn([C@@H]2O[C@H](COCO[SiH2]C(C)C)[C@H](OC(C)C)C2F)c(=O)n1. The van der Waals surface area contributed by atoms with Crippen molar-refractivity contribution in [3.63, 3.8) is 0 Å². The number of hydrogen-bond acceptors (Lipinski definition) is 7. The first kappa shape index (κ1) is 26.5. The molecule has 0 bridgehead atoms. The summed E-state index contributed by atoms with van der Waals surface area (Å²) in [6.45, 7) is 11.9. The zero-order valence-corrected chi connectivity index (χ0v) is 22.1. The molecule has 0 aliphatic carbocycles. The van der Waals surface area contributed by atoms with Gasteiger partial charge in [-0.2, -0.15) is 4.98 Å². The average Bonchev–Trinajstić information content (AvgIpc) is 3.05. The van der Waals surface area contributed by atoms with Crippen molar-refractivity contribution in [2.45, 2.75) is 77.8 Å². The van der Waals surface area contributed by atoms with Crippen molar-refractivity contribution in [1.29, 1.82) is 0 Å². The van der Waals surface area contributed by atoms with Crippen LogP contribution in [0, 0.1) is 13.8 Å². The largest absolute Gasteiger partial charge is 0.438 e. The molecule has 8 nitrogen and oxygen atoms in total. The zero-order valence-electron chi connectivity index (χ0n) is 20.7. The summed E-state index contributed by atoms with van der Waals surface area (Å²) in [4.78, 5) is 16.8. The monoisotopic (exact) mass is 494 g/mol. The molecule has 2 heterocycles. The summed E-state index contributed by atoms with van der Waals surface area (Å²) in [6, 6.07) is 7.28. The highest BCUT2D eigenvalue weighted by atomic mass is 28.2. The minimum atomic E-state index is -1.58. The van der Waals surface area contributed by atoms with E-state index in [-0.39, 0.29) is 25.4 Å². The molecule has 0 spiro atoms. The molecule has 4 atom stereocenters. The lowest BCUT2D eigenvalue weighted by Gasteiger charge is -2.22. The second kappa shape index (κ2) is 12.0. The van der Waals surface area contributed by atoms with E-state index < -0.39 is 40.1 Å². The summed E-state index contributed by atoms with van der Waals surface area (Å²) >= 11 is 0. The first-order valence-electron chi connectivity index (χ1n) is 11.6. The van der Waals surface area contributed by atoms with Crippen molar-refractivity contribution in [2.24, 2.45) is 0 Å². The number of rotatable bonds is 11. The maximum absolute atomic E-state index is 15.4. The molecule has 1 saturated heterocycles. The Balaban J connectivity index is 1.72. The number of benzene rings is 1. The topological polar surface area (TPSA) is 81.0 Å². The summed E-state index contributed by atoms with van der Waals surface area (Å²) in [7, 11) is -0.663. The van der Waals surface area contributed by atoms with Crippen LogP contribution in [0.25, 0.3) is 0 Å². The van der Waals surface area contributed by atoms with Gasteiger partial charge in [0.2, 0.25) is 5.88 Å². The Labute approximate surface area is 202 Å². The third-order valence-corrected chi connectivity index (χ3v) is 6.36. The molecule has 188 valence electrons. The van der Waals surface area contributed by atoms with Gasteiger partial charge in [-0.1, -0.05) is 32.0 Å². The Hall–Kier alpha value is -2.11. The van der Waals surface area contributed by atoms with Gasteiger partial charge in [-0.15, -0.1) is 0 Å². The van der Waals surface area contributed by atoms with Crippen molar-refractivity contribution in [1.82, 2.24) is 9.55 Å². The molecule has 1 unspecified atom stereocenters. The van der Waals surface area contributed by atoms with E-state index in [1.54, 1.807) is 0 Å². The van der Waals surface area contributed by atoms with Gasteiger partial charge in [0.05, 0.1) is 12.7 Å². The van der Waals surface area contributed by atoms with Crippen LogP contribution in [0.3, 0.4) is 0 Å². The van der Waals surface area contributed by atoms with E-state index in [0.29, 0.717) is 11.3 Å². The molecule has 0 N–H and O–H groups in total. The number of nitrogens with zero attached hydrogens (tertiary/aromatic N) is 2. The highest BCUT2D eigenvalue weighted by Gasteiger charge is 2.47. The first-order valence-corrected chi connectivity index (χ1v) is 13.0. The van der Waals surface area contributed by atoms with Gasteiger partial charge in [-0.25, -0.2) is 9.18 Å². The summed E-state index contributed by atoms with van der Waals surface area (Å²) < 4.78 is 45.2. The molecule has 3 rings (SSSR count). The second-order valence-corrected chi connectivity index (χ2v) is 11.6. The number of aryl methyl sites for hydroxylation is 2. The maximum atomic E-state index is 15.4. The van der Waals surface area contributed by atoms with E-state index in [9.17, 15) is 4.79 Å². The van der Waals surface area contributed by atoms with Crippen LogP contribution in [-0.2, 0) is 18.6 Å². The second-order valence-electron chi connectivity index (χ2n) is 9.19. The lowest BCUT2D eigenvalue weighted by molar-refractivity contribution is -0.105. The van der Waals surface area contributed by atoms with Crippen molar-refractivity contribution >= 4 is 9.76 Å². The number of para-hydroxylation sites is 1. The summed E-state index contributed by atoms with van der Waals surface area (Å²) in [5.41, 5.74) is 1.69. The molecule has 0 amide bonds. The Morgan fingerprint density at radius 2 is 1.88 bits per heavy atom. The van der Waals surface area contributed by atoms with E-state index in [2.05, 4.69) is 18.8 Å².